The van der Waals surface area contributed by atoms with Crippen molar-refractivity contribution in [2.45, 2.75) is 0 Å². The first-order chi connectivity index (χ1) is 7.96. The first kappa shape index (κ1) is 31.6. The minimum atomic E-state index is -1.92. The molecule has 0 N–H and O–H groups in total. The van der Waals surface area contributed by atoms with E-state index in [0.717, 1.165) is 0 Å². The minimum Gasteiger partial charge on any atom is -0.214 e. The van der Waals surface area contributed by atoms with Crippen molar-refractivity contribution in [3.63, 3.8) is 0 Å². The van der Waals surface area contributed by atoms with E-state index >= 15 is 0 Å². The summed E-state index contributed by atoms with van der Waals surface area (Å²) in [5.41, 5.74) is 0. The molecule has 0 heterocycles. The van der Waals surface area contributed by atoms with Gasteiger partial charge in [0, 0.05) is 41.1 Å². The van der Waals surface area contributed by atoms with E-state index in [-0.39, 0.29) is 29.0 Å². The number of halogens is 3. The molecule has 0 atom stereocenters. The molecule has 1 aromatic carbocycles. The van der Waals surface area contributed by atoms with Gasteiger partial charge < -0.3 is 0 Å². The largest absolute Gasteiger partial charge is 0.214 e. The second-order valence-electron chi connectivity index (χ2n) is 2.68. The van der Waals surface area contributed by atoms with Crippen molar-refractivity contribution in [1.29, 1.82) is 0 Å². The zero-order valence-electron chi connectivity index (χ0n) is 10.2. The van der Waals surface area contributed by atoms with E-state index in [9.17, 15) is 0 Å². The van der Waals surface area contributed by atoms with Crippen LogP contribution < -0.4 is 0 Å². The molecule has 2 nitrogen and oxygen atoms in total. The van der Waals surface area contributed by atoms with Gasteiger partial charge >= 0.3 is 64.2 Å². The summed E-state index contributed by atoms with van der Waals surface area (Å²) < 4.78 is 15.0. The molecule has 0 aromatic heterocycles. The molecule has 0 amide bonds. The molecule has 0 fully saturated rings. The van der Waals surface area contributed by atoms with Crippen LogP contribution in [0.15, 0.2) is 30.3 Å². The van der Waals surface area contributed by atoms with E-state index in [1.807, 2.05) is 30.3 Å². The maximum atomic E-state index is 7.50. The van der Waals surface area contributed by atoms with Gasteiger partial charge in [-0.05, 0) is 7.92 Å². The van der Waals surface area contributed by atoms with Crippen LogP contribution in [0.5, 0.6) is 0 Å². The topological polar surface area (TPSA) is 39.8 Å². The van der Waals surface area contributed by atoms with Crippen LogP contribution in [-0.2, 0) is 30.4 Å². The van der Waals surface area contributed by atoms with Crippen LogP contribution in [0.2, 0.25) is 0 Å². The molecule has 103 valence electrons. The van der Waals surface area contributed by atoms with Gasteiger partial charge in [-0.1, -0.05) is 0 Å². The third kappa shape index (κ3) is 115. The molecule has 1 aromatic rings. The zero-order valence-corrected chi connectivity index (χ0v) is 18.5. The van der Waals surface area contributed by atoms with Crippen molar-refractivity contribution in [1.82, 2.24) is 0 Å². The third-order valence-electron chi connectivity index (χ3n) is 0.556. The SMILES string of the molecule is C[PH+](C)C.[C-]#[O+].[C-]#[O+].[Cl][Ge]([Cl])[Cl].[W].c1cc[cH-]c1. The standard InChI is InChI=1S/C5H5.C3H9P.2CO.Cl3Ge.W/c1-2-4-5-3-1;1-4(2)3;2*1-2;1-4(2)3;/h1-5H;1-3H3;;;;/q-1;;;;;/p+1. The second-order valence-corrected chi connectivity index (χ2v) is 15.5. The van der Waals surface area contributed by atoms with E-state index < -0.39 is 11.6 Å². The van der Waals surface area contributed by atoms with E-state index in [0.29, 0.717) is 0 Å². The Bertz CT molecular complexity index is 197. The smallest absolute Gasteiger partial charge is 0 e. The molecule has 0 bridgehead atoms. The Hall–Kier alpha value is 1.36. The van der Waals surface area contributed by atoms with E-state index in [2.05, 4.69) is 33.3 Å². The van der Waals surface area contributed by atoms with Crippen LogP contribution in [0, 0.1) is 13.3 Å². The van der Waals surface area contributed by atoms with Crippen molar-refractivity contribution < 1.29 is 30.4 Å². The van der Waals surface area contributed by atoms with Crippen molar-refractivity contribution in [3.8, 4) is 0 Å². The fourth-order valence-corrected chi connectivity index (χ4v) is 0.321. The molecular formula is C10H15Cl3GeO2PW. The molecule has 0 aliphatic rings. The van der Waals surface area contributed by atoms with Crippen LogP contribution in [-0.4, -0.2) is 31.6 Å². The quantitative estimate of drug-likeness (QED) is 0.198. The molecule has 8 heteroatoms. The first-order valence-electron chi connectivity index (χ1n) is 4.14. The number of rotatable bonds is 0. The van der Waals surface area contributed by atoms with Crippen LogP contribution in [0.3, 0.4) is 0 Å². The Kier molecular flexibility index (Phi) is 63.7. The van der Waals surface area contributed by atoms with Gasteiger partial charge in [0.1, 0.15) is 0 Å². The molecule has 1 rings (SSSR count). The summed E-state index contributed by atoms with van der Waals surface area (Å²) in [5, 5.41) is 0. The Balaban J connectivity index is -0.0000000407. The summed E-state index contributed by atoms with van der Waals surface area (Å²) in [4.78, 5) is 0. The Labute approximate surface area is 142 Å². The summed E-state index contributed by atoms with van der Waals surface area (Å²) in [6.07, 6.45) is 0. The molecule has 0 saturated carbocycles. The van der Waals surface area contributed by atoms with E-state index in [1.54, 1.807) is 0 Å². The van der Waals surface area contributed by atoms with Gasteiger partial charge in [0.05, 0.1) is 0 Å². The molecule has 0 saturated heterocycles. The van der Waals surface area contributed by atoms with Crippen molar-refractivity contribution in [3.05, 3.63) is 43.6 Å². The molecule has 0 spiro atoms. The molecule has 0 aliphatic carbocycles. The third-order valence-corrected chi connectivity index (χ3v) is 0.556. The Morgan fingerprint density at radius 3 is 1.17 bits per heavy atom. The van der Waals surface area contributed by atoms with E-state index in [1.165, 1.54) is 0 Å². The summed E-state index contributed by atoms with van der Waals surface area (Å²) in [6.45, 7) is 15.8. The molecular weight excluding hydrogens is 546 g/mol. The van der Waals surface area contributed by atoms with Gasteiger partial charge in [-0.25, -0.2) is 12.1 Å². The van der Waals surface area contributed by atoms with Crippen molar-refractivity contribution in [2.24, 2.45) is 0 Å². The monoisotopic (exact) mass is 561 g/mol. The normalized spacial score (nSPS) is 6.44. The van der Waals surface area contributed by atoms with Crippen LogP contribution in [0.4, 0.5) is 0 Å². The van der Waals surface area contributed by atoms with Crippen molar-refractivity contribution in [2.75, 3.05) is 20.0 Å². The first-order valence-corrected chi connectivity index (χ1v) is 15.4. The average molecular weight is 561 g/mol. The minimum absolute atomic E-state index is 0. The summed E-state index contributed by atoms with van der Waals surface area (Å²) in [6, 6.07) is 10.0. The maximum absolute atomic E-state index is 7.50. The second kappa shape index (κ2) is 36.2. The average Bonchev–Trinajstić information content (AvgIpc) is 2.79. The van der Waals surface area contributed by atoms with Gasteiger partial charge in [-0.3, -0.25) is 0 Å². The summed E-state index contributed by atoms with van der Waals surface area (Å²) in [5.74, 6) is 0. The Morgan fingerprint density at radius 2 is 1.11 bits per heavy atom. The summed E-state index contributed by atoms with van der Waals surface area (Å²) >= 11 is -1.92. The maximum Gasteiger partial charge on any atom is 0 e. The predicted molar refractivity (Wildman–Crippen MR) is 79.3 cm³/mol. The fraction of sp³-hybridized carbons (Fsp3) is 0.300. The Morgan fingerprint density at radius 1 is 0.944 bits per heavy atom. The fourth-order valence-electron chi connectivity index (χ4n) is 0.321. The number of hydrogen-bond donors (Lipinski definition) is 0. The van der Waals surface area contributed by atoms with Crippen LogP contribution >= 0.6 is 38.0 Å². The van der Waals surface area contributed by atoms with Crippen LogP contribution in [0.1, 0.15) is 0 Å². The zero-order chi connectivity index (χ0) is 14.7. The molecule has 0 aliphatic heterocycles. The summed E-state index contributed by atoms with van der Waals surface area (Å²) in [7, 11) is 15.0. The molecule has 18 heavy (non-hydrogen) atoms. The van der Waals surface area contributed by atoms with Gasteiger partial charge in [0.25, 0.3) is 0 Å². The molecule has 1 radical (unpaired) electrons. The van der Waals surface area contributed by atoms with Gasteiger partial charge in [0.15, 0.2) is 0 Å². The predicted octanol–water partition coefficient (Wildman–Crippen LogP) is 4.11. The van der Waals surface area contributed by atoms with Crippen molar-refractivity contribution >= 4 is 49.5 Å². The number of hydrogen-bond acceptors (Lipinski definition) is 0. The van der Waals surface area contributed by atoms with Gasteiger partial charge in [-0.15, -0.1) is 0 Å². The van der Waals surface area contributed by atoms with Gasteiger partial charge in [-0.2, -0.15) is 18.2 Å². The van der Waals surface area contributed by atoms with Gasteiger partial charge in [0.2, 0.25) is 0 Å². The van der Waals surface area contributed by atoms with Crippen LogP contribution in [0.25, 0.3) is 0 Å². The molecule has 0 unspecified atom stereocenters. The van der Waals surface area contributed by atoms with E-state index in [4.69, 9.17) is 39.3 Å².